The fourth-order valence-electron chi connectivity index (χ4n) is 2.20. The number of sulfone groups is 1. The van der Waals surface area contributed by atoms with Crippen molar-refractivity contribution < 1.29 is 8.42 Å². The molecule has 102 valence electrons. The summed E-state index contributed by atoms with van der Waals surface area (Å²) in [6, 6.07) is 0.157. The minimum absolute atomic E-state index is 0.157. The number of hydrogen-bond acceptors (Lipinski definition) is 4. The van der Waals surface area contributed by atoms with E-state index in [1.165, 1.54) is 12.8 Å². The van der Waals surface area contributed by atoms with Crippen LogP contribution in [-0.4, -0.2) is 57.0 Å². The van der Waals surface area contributed by atoms with E-state index in [9.17, 15) is 8.42 Å². The molecule has 0 aromatic heterocycles. The van der Waals surface area contributed by atoms with Crippen molar-refractivity contribution in [3.63, 3.8) is 0 Å². The van der Waals surface area contributed by atoms with E-state index >= 15 is 0 Å². The van der Waals surface area contributed by atoms with Crippen LogP contribution in [0.3, 0.4) is 0 Å². The molecule has 1 rings (SSSR count). The zero-order valence-corrected chi connectivity index (χ0v) is 11.9. The Kier molecular flexibility index (Phi) is 6.44. The second-order valence-corrected chi connectivity index (χ2v) is 7.07. The van der Waals surface area contributed by atoms with Gasteiger partial charge in [0.25, 0.3) is 0 Å². The summed E-state index contributed by atoms with van der Waals surface area (Å²) in [7, 11) is -2.78. The van der Waals surface area contributed by atoms with E-state index < -0.39 is 9.84 Å². The first-order valence-corrected chi connectivity index (χ1v) is 8.55. The average Bonchev–Trinajstić information content (AvgIpc) is 2.28. The maximum Gasteiger partial charge on any atom is 0.153 e. The van der Waals surface area contributed by atoms with E-state index in [2.05, 4.69) is 24.1 Å². The molecule has 0 saturated carbocycles. The molecule has 1 heterocycles. The van der Waals surface area contributed by atoms with Crippen LogP contribution < -0.4 is 5.32 Å². The van der Waals surface area contributed by atoms with Crippen molar-refractivity contribution in [2.75, 3.05) is 37.7 Å². The van der Waals surface area contributed by atoms with Gasteiger partial charge in [-0.3, -0.25) is 0 Å². The van der Waals surface area contributed by atoms with Crippen molar-refractivity contribution in [2.45, 2.75) is 39.2 Å². The second kappa shape index (κ2) is 7.34. The predicted molar refractivity (Wildman–Crippen MR) is 72.1 cm³/mol. The van der Waals surface area contributed by atoms with Gasteiger partial charge in [0.15, 0.2) is 9.84 Å². The highest BCUT2D eigenvalue weighted by Crippen LogP contribution is 2.06. The van der Waals surface area contributed by atoms with E-state index in [1.54, 1.807) is 0 Å². The largest absolute Gasteiger partial charge is 0.312 e. The van der Waals surface area contributed by atoms with E-state index in [0.717, 1.165) is 26.1 Å². The van der Waals surface area contributed by atoms with Crippen molar-refractivity contribution in [3.8, 4) is 0 Å². The fraction of sp³-hybridized carbons (Fsp3) is 1.00. The Morgan fingerprint density at radius 3 is 2.65 bits per heavy atom. The van der Waals surface area contributed by atoms with Gasteiger partial charge >= 0.3 is 0 Å². The lowest BCUT2D eigenvalue weighted by molar-refractivity contribution is 0.267. The lowest BCUT2D eigenvalue weighted by Crippen LogP contribution is -2.46. The summed E-state index contributed by atoms with van der Waals surface area (Å²) in [6.45, 7) is 8.17. The van der Waals surface area contributed by atoms with Gasteiger partial charge in [-0.2, -0.15) is 0 Å². The maximum atomic E-state index is 11.5. The summed E-state index contributed by atoms with van der Waals surface area (Å²) < 4.78 is 23.0. The van der Waals surface area contributed by atoms with Gasteiger partial charge in [-0.1, -0.05) is 20.3 Å². The molecule has 1 fully saturated rings. The van der Waals surface area contributed by atoms with Crippen molar-refractivity contribution in [1.29, 1.82) is 0 Å². The lowest BCUT2D eigenvalue weighted by atomic mass is 10.2. The molecule has 1 N–H and O–H groups in total. The van der Waals surface area contributed by atoms with Crippen LogP contribution in [0.1, 0.15) is 33.1 Å². The van der Waals surface area contributed by atoms with Crippen LogP contribution in [-0.2, 0) is 9.84 Å². The Morgan fingerprint density at radius 2 is 2.06 bits per heavy atom. The standard InChI is InChI=1S/C12H26N2O2S/c1-3-5-8-14(4-2)9-6-12-11-17(15,16)10-7-13-12/h12-13H,3-11H2,1-2H3. The average molecular weight is 262 g/mol. The number of rotatable bonds is 7. The molecular formula is C12H26N2O2S. The third-order valence-corrected chi connectivity index (χ3v) is 5.11. The first-order chi connectivity index (χ1) is 8.07. The van der Waals surface area contributed by atoms with Gasteiger partial charge in [0.1, 0.15) is 0 Å². The minimum atomic E-state index is -2.78. The van der Waals surface area contributed by atoms with Crippen LogP contribution in [0.15, 0.2) is 0 Å². The zero-order valence-electron chi connectivity index (χ0n) is 11.1. The summed E-state index contributed by atoms with van der Waals surface area (Å²) in [5, 5.41) is 3.30. The molecule has 1 saturated heterocycles. The van der Waals surface area contributed by atoms with E-state index in [1.807, 2.05) is 0 Å². The van der Waals surface area contributed by atoms with Gasteiger partial charge in [-0.05, 0) is 32.5 Å². The fourth-order valence-corrected chi connectivity index (χ4v) is 3.69. The Labute approximate surface area is 106 Å². The zero-order chi connectivity index (χ0) is 12.7. The summed E-state index contributed by atoms with van der Waals surface area (Å²) in [5.41, 5.74) is 0. The second-order valence-electron chi connectivity index (χ2n) is 4.84. The third-order valence-electron chi connectivity index (χ3n) is 3.37. The third kappa shape index (κ3) is 5.84. The SMILES string of the molecule is CCCCN(CC)CCC1CS(=O)(=O)CCN1. The molecule has 0 radical (unpaired) electrons. The molecule has 1 aliphatic heterocycles. The van der Waals surface area contributed by atoms with Crippen molar-refractivity contribution in [1.82, 2.24) is 10.2 Å². The highest BCUT2D eigenvalue weighted by molar-refractivity contribution is 7.91. The van der Waals surface area contributed by atoms with E-state index in [4.69, 9.17) is 0 Å². The van der Waals surface area contributed by atoms with Crippen LogP contribution in [0.25, 0.3) is 0 Å². The highest BCUT2D eigenvalue weighted by Gasteiger charge is 2.24. The number of hydrogen-bond donors (Lipinski definition) is 1. The van der Waals surface area contributed by atoms with Crippen LogP contribution in [0.4, 0.5) is 0 Å². The van der Waals surface area contributed by atoms with Gasteiger partial charge in [-0.15, -0.1) is 0 Å². The summed E-state index contributed by atoms with van der Waals surface area (Å²) in [4.78, 5) is 2.41. The highest BCUT2D eigenvalue weighted by atomic mass is 32.2. The van der Waals surface area contributed by atoms with Gasteiger partial charge in [0.05, 0.1) is 11.5 Å². The van der Waals surface area contributed by atoms with Crippen LogP contribution in [0.5, 0.6) is 0 Å². The van der Waals surface area contributed by atoms with Gasteiger partial charge in [0, 0.05) is 12.6 Å². The smallest absolute Gasteiger partial charge is 0.153 e. The number of nitrogens with zero attached hydrogens (tertiary/aromatic N) is 1. The van der Waals surface area contributed by atoms with Crippen LogP contribution in [0.2, 0.25) is 0 Å². The molecule has 4 nitrogen and oxygen atoms in total. The topological polar surface area (TPSA) is 49.4 Å². The molecule has 0 aliphatic carbocycles. The summed E-state index contributed by atoms with van der Waals surface area (Å²) in [5.74, 6) is 0.620. The maximum absolute atomic E-state index is 11.5. The quantitative estimate of drug-likeness (QED) is 0.740. The van der Waals surface area contributed by atoms with Gasteiger partial charge in [0.2, 0.25) is 0 Å². The molecular weight excluding hydrogens is 236 g/mol. The summed E-state index contributed by atoms with van der Waals surface area (Å²) in [6.07, 6.45) is 3.38. The van der Waals surface area contributed by atoms with Crippen molar-refractivity contribution in [3.05, 3.63) is 0 Å². The van der Waals surface area contributed by atoms with Crippen LogP contribution in [0, 0.1) is 0 Å². The Hall–Kier alpha value is -0.130. The monoisotopic (exact) mass is 262 g/mol. The van der Waals surface area contributed by atoms with E-state index in [0.29, 0.717) is 18.1 Å². The van der Waals surface area contributed by atoms with E-state index in [-0.39, 0.29) is 6.04 Å². The molecule has 1 atom stereocenters. The molecule has 0 aromatic carbocycles. The molecule has 1 unspecified atom stereocenters. The molecule has 0 aromatic rings. The minimum Gasteiger partial charge on any atom is -0.312 e. The molecule has 17 heavy (non-hydrogen) atoms. The van der Waals surface area contributed by atoms with Crippen molar-refractivity contribution >= 4 is 9.84 Å². The van der Waals surface area contributed by atoms with Crippen LogP contribution >= 0.6 is 0 Å². The molecule has 5 heteroatoms. The van der Waals surface area contributed by atoms with Crippen molar-refractivity contribution in [2.24, 2.45) is 0 Å². The van der Waals surface area contributed by atoms with Gasteiger partial charge in [-0.25, -0.2) is 8.42 Å². The molecule has 0 amide bonds. The Bertz CT molecular complexity index is 304. The summed E-state index contributed by atoms with van der Waals surface area (Å²) >= 11 is 0. The Balaban J connectivity index is 2.28. The number of nitrogens with one attached hydrogen (secondary N) is 1. The molecule has 1 aliphatic rings. The molecule has 0 spiro atoms. The first-order valence-electron chi connectivity index (χ1n) is 6.73. The molecule has 0 bridgehead atoms. The van der Waals surface area contributed by atoms with Gasteiger partial charge < -0.3 is 10.2 Å². The Morgan fingerprint density at radius 1 is 1.29 bits per heavy atom. The first kappa shape index (κ1) is 14.9. The lowest BCUT2D eigenvalue weighted by Gasteiger charge is -2.27. The normalized spacial score (nSPS) is 24.1. The number of unbranched alkanes of at least 4 members (excludes halogenated alkanes) is 1. The predicted octanol–water partition coefficient (Wildman–Crippen LogP) is 0.885.